The minimum absolute atomic E-state index is 0.0507. The molecule has 2 N–H and O–H groups in total. The summed E-state index contributed by atoms with van der Waals surface area (Å²) in [7, 11) is -3.66. The van der Waals surface area contributed by atoms with Crippen LogP contribution in [-0.2, 0) is 21.2 Å². The molecule has 0 aliphatic rings. The van der Waals surface area contributed by atoms with Crippen LogP contribution >= 0.6 is 15.9 Å². The van der Waals surface area contributed by atoms with Gasteiger partial charge in [0.1, 0.15) is 0 Å². The van der Waals surface area contributed by atoms with Crippen molar-refractivity contribution in [3.05, 3.63) is 94.0 Å². The van der Waals surface area contributed by atoms with Gasteiger partial charge in [0.25, 0.3) is 10.0 Å². The lowest BCUT2D eigenvalue weighted by Crippen LogP contribution is -2.26. The zero-order valence-corrected chi connectivity index (χ0v) is 19.8. The number of anilines is 1. The topological polar surface area (TPSA) is 75.3 Å². The first kappa shape index (κ1) is 23.0. The molecule has 3 aromatic rings. The largest absolute Gasteiger partial charge is 0.350 e. The van der Waals surface area contributed by atoms with Gasteiger partial charge in [-0.1, -0.05) is 57.9 Å². The quantitative estimate of drug-likeness (QED) is 0.436. The van der Waals surface area contributed by atoms with Gasteiger partial charge in [-0.15, -0.1) is 0 Å². The van der Waals surface area contributed by atoms with Crippen LogP contribution in [0.4, 0.5) is 5.69 Å². The van der Waals surface area contributed by atoms with E-state index in [0.29, 0.717) is 18.5 Å². The van der Waals surface area contributed by atoms with Crippen LogP contribution in [0.1, 0.15) is 36.1 Å². The summed E-state index contributed by atoms with van der Waals surface area (Å²) in [6, 6.07) is 21.5. The fraction of sp³-hybridized carbons (Fsp3) is 0.208. The van der Waals surface area contributed by atoms with Crippen molar-refractivity contribution in [3.8, 4) is 0 Å². The smallest absolute Gasteiger partial charge is 0.261 e. The molecule has 7 heteroatoms. The first-order valence-electron chi connectivity index (χ1n) is 9.96. The number of halogens is 1. The summed E-state index contributed by atoms with van der Waals surface area (Å²) in [5.74, 6) is -0.0507. The summed E-state index contributed by atoms with van der Waals surface area (Å²) in [4.78, 5) is 12.5. The third kappa shape index (κ3) is 6.67. The number of hydrogen-bond acceptors (Lipinski definition) is 3. The Morgan fingerprint density at radius 1 is 1.00 bits per heavy atom. The molecule has 0 bridgehead atoms. The van der Waals surface area contributed by atoms with E-state index in [1.807, 2.05) is 50.2 Å². The summed E-state index contributed by atoms with van der Waals surface area (Å²) < 4.78 is 28.7. The Hall–Kier alpha value is -2.64. The Bertz CT molecular complexity index is 1140. The van der Waals surface area contributed by atoms with Gasteiger partial charge in [-0.3, -0.25) is 9.52 Å². The van der Waals surface area contributed by atoms with Crippen LogP contribution in [0.3, 0.4) is 0 Å². The molecule has 0 radical (unpaired) electrons. The molecule has 0 aromatic heterocycles. The standard InChI is InChI=1S/C24H25BrN2O3S/c1-17-6-11-22(12-7-17)27-31(29,30)23-13-8-19(9-14-23)10-15-24(28)26-18(2)20-4-3-5-21(25)16-20/h3-9,11-14,16,18,27H,10,15H2,1-2H3,(H,26,28). The number of carbonyl (C=O) groups is 1. The number of nitrogens with one attached hydrogen (secondary N) is 2. The minimum atomic E-state index is -3.66. The number of rotatable bonds is 8. The highest BCUT2D eigenvalue weighted by atomic mass is 79.9. The van der Waals surface area contributed by atoms with E-state index in [1.165, 1.54) is 0 Å². The molecule has 0 aliphatic heterocycles. The highest BCUT2D eigenvalue weighted by molar-refractivity contribution is 9.10. The average Bonchev–Trinajstić information content (AvgIpc) is 2.74. The second-order valence-corrected chi connectivity index (χ2v) is 10.1. The van der Waals surface area contributed by atoms with Crippen molar-refractivity contribution in [2.24, 2.45) is 0 Å². The molecule has 0 heterocycles. The number of amides is 1. The van der Waals surface area contributed by atoms with E-state index in [0.717, 1.165) is 21.2 Å². The van der Waals surface area contributed by atoms with E-state index in [-0.39, 0.29) is 16.8 Å². The predicted molar refractivity (Wildman–Crippen MR) is 127 cm³/mol. The van der Waals surface area contributed by atoms with E-state index in [2.05, 4.69) is 26.0 Å². The van der Waals surface area contributed by atoms with Crippen molar-refractivity contribution < 1.29 is 13.2 Å². The Balaban J connectivity index is 1.55. The summed E-state index contributed by atoms with van der Waals surface area (Å²) in [5, 5.41) is 2.99. The third-order valence-electron chi connectivity index (χ3n) is 4.90. The van der Waals surface area contributed by atoms with E-state index in [1.54, 1.807) is 36.4 Å². The molecule has 1 unspecified atom stereocenters. The van der Waals surface area contributed by atoms with Crippen LogP contribution in [0.15, 0.2) is 82.2 Å². The summed E-state index contributed by atoms with van der Waals surface area (Å²) >= 11 is 3.44. The minimum Gasteiger partial charge on any atom is -0.350 e. The molecular formula is C24H25BrN2O3S. The second kappa shape index (κ2) is 10.1. The molecule has 0 saturated carbocycles. The van der Waals surface area contributed by atoms with Crippen molar-refractivity contribution in [1.29, 1.82) is 0 Å². The van der Waals surface area contributed by atoms with Crippen LogP contribution < -0.4 is 10.0 Å². The van der Waals surface area contributed by atoms with E-state index in [4.69, 9.17) is 0 Å². The molecule has 3 aromatic carbocycles. The lowest BCUT2D eigenvalue weighted by atomic mass is 10.1. The van der Waals surface area contributed by atoms with Crippen molar-refractivity contribution in [2.45, 2.75) is 37.6 Å². The normalized spacial score (nSPS) is 12.2. The van der Waals surface area contributed by atoms with Gasteiger partial charge in [0.2, 0.25) is 5.91 Å². The number of benzene rings is 3. The molecule has 1 amide bonds. The van der Waals surface area contributed by atoms with Crippen LogP contribution in [0, 0.1) is 6.92 Å². The van der Waals surface area contributed by atoms with Gasteiger partial charge in [0, 0.05) is 16.6 Å². The van der Waals surface area contributed by atoms with Crippen LogP contribution in [0.5, 0.6) is 0 Å². The van der Waals surface area contributed by atoms with E-state index < -0.39 is 10.0 Å². The van der Waals surface area contributed by atoms with Gasteiger partial charge in [-0.2, -0.15) is 0 Å². The van der Waals surface area contributed by atoms with Crippen LogP contribution in [0.2, 0.25) is 0 Å². The Labute approximate surface area is 192 Å². The molecule has 0 fully saturated rings. The fourth-order valence-corrected chi connectivity index (χ4v) is 4.58. The predicted octanol–water partition coefficient (Wildman–Crippen LogP) is 5.37. The first-order valence-corrected chi connectivity index (χ1v) is 12.2. The first-order chi connectivity index (χ1) is 14.7. The Morgan fingerprint density at radius 3 is 2.32 bits per heavy atom. The van der Waals surface area contributed by atoms with E-state index >= 15 is 0 Å². The maximum atomic E-state index is 12.6. The average molecular weight is 501 g/mol. The Morgan fingerprint density at radius 2 is 1.68 bits per heavy atom. The van der Waals surface area contributed by atoms with Crippen LogP contribution in [-0.4, -0.2) is 14.3 Å². The second-order valence-electron chi connectivity index (χ2n) is 7.46. The Kier molecular flexibility index (Phi) is 7.51. The molecule has 1 atom stereocenters. The lowest BCUT2D eigenvalue weighted by Gasteiger charge is -2.15. The van der Waals surface area contributed by atoms with Gasteiger partial charge in [0.05, 0.1) is 10.9 Å². The summed E-state index contributed by atoms with van der Waals surface area (Å²) in [6.07, 6.45) is 0.856. The molecule has 162 valence electrons. The summed E-state index contributed by atoms with van der Waals surface area (Å²) in [5.41, 5.74) is 3.51. The number of carbonyl (C=O) groups excluding carboxylic acids is 1. The zero-order chi connectivity index (χ0) is 22.4. The fourth-order valence-electron chi connectivity index (χ4n) is 3.10. The lowest BCUT2D eigenvalue weighted by molar-refractivity contribution is -0.121. The number of sulfonamides is 1. The molecule has 0 saturated heterocycles. The van der Waals surface area contributed by atoms with Gasteiger partial charge in [-0.05, 0) is 67.8 Å². The molecule has 3 rings (SSSR count). The monoisotopic (exact) mass is 500 g/mol. The highest BCUT2D eigenvalue weighted by Crippen LogP contribution is 2.19. The van der Waals surface area contributed by atoms with Gasteiger partial charge < -0.3 is 5.32 Å². The number of hydrogen-bond donors (Lipinski definition) is 2. The third-order valence-corrected chi connectivity index (χ3v) is 6.79. The van der Waals surface area contributed by atoms with Gasteiger partial charge in [0.15, 0.2) is 0 Å². The van der Waals surface area contributed by atoms with Gasteiger partial charge >= 0.3 is 0 Å². The van der Waals surface area contributed by atoms with Crippen LogP contribution in [0.25, 0.3) is 0 Å². The molecule has 5 nitrogen and oxygen atoms in total. The molecular weight excluding hydrogens is 476 g/mol. The zero-order valence-electron chi connectivity index (χ0n) is 17.4. The molecule has 31 heavy (non-hydrogen) atoms. The number of aryl methyl sites for hydroxylation is 2. The van der Waals surface area contributed by atoms with Crippen molar-refractivity contribution in [1.82, 2.24) is 5.32 Å². The SMILES string of the molecule is Cc1ccc(NS(=O)(=O)c2ccc(CCC(=O)NC(C)c3cccc(Br)c3)cc2)cc1. The van der Waals surface area contributed by atoms with Crippen molar-refractivity contribution in [3.63, 3.8) is 0 Å². The van der Waals surface area contributed by atoms with Crippen molar-refractivity contribution in [2.75, 3.05) is 4.72 Å². The van der Waals surface area contributed by atoms with Gasteiger partial charge in [-0.25, -0.2) is 8.42 Å². The van der Waals surface area contributed by atoms with Crippen molar-refractivity contribution >= 4 is 37.5 Å². The molecule has 0 aliphatic carbocycles. The van der Waals surface area contributed by atoms with E-state index in [9.17, 15) is 13.2 Å². The summed E-state index contributed by atoms with van der Waals surface area (Å²) in [6.45, 7) is 3.89. The maximum Gasteiger partial charge on any atom is 0.261 e. The highest BCUT2D eigenvalue weighted by Gasteiger charge is 2.14. The molecule has 0 spiro atoms. The maximum absolute atomic E-state index is 12.6.